The average Bonchev–Trinajstić information content (AvgIpc) is 4.07. The lowest BCUT2D eigenvalue weighted by Gasteiger charge is -2.35. The van der Waals surface area contributed by atoms with Gasteiger partial charge in [-0.2, -0.15) is 0 Å². The number of rotatable bonds is 9. The number of amides is 3. The van der Waals surface area contributed by atoms with Crippen LogP contribution < -0.4 is 14.2 Å². The van der Waals surface area contributed by atoms with Crippen LogP contribution in [0.4, 0.5) is 4.39 Å². The number of fused-ring (bicyclic) bond motifs is 3. The van der Waals surface area contributed by atoms with Gasteiger partial charge in [0, 0.05) is 43.7 Å². The summed E-state index contributed by atoms with van der Waals surface area (Å²) in [6.07, 6.45) is 7.75. The molecule has 4 heterocycles. The Morgan fingerprint density at radius 3 is 2.51 bits per heavy atom. The van der Waals surface area contributed by atoms with Crippen molar-refractivity contribution in [3.8, 4) is 11.6 Å². The maximum Gasteiger partial charge on any atom is 0.240 e. The lowest BCUT2D eigenvalue weighted by Crippen LogP contribution is -2.49. The first-order valence-electron chi connectivity index (χ1n) is 20.7. The number of ketones is 1. The number of methoxy groups -OCH3 is 1. The summed E-state index contributed by atoms with van der Waals surface area (Å²) in [5.41, 5.74) is -1.34. The number of hydrogen-bond donors (Lipinski definition) is 1. The van der Waals surface area contributed by atoms with Gasteiger partial charge in [-0.25, -0.2) is 26.2 Å². The molecule has 14 nitrogen and oxygen atoms in total. The lowest BCUT2D eigenvalue weighted by molar-refractivity contribution is -0.147. The molecule has 7 atom stereocenters. The maximum atomic E-state index is 15.2. The van der Waals surface area contributed by atoms with E-state index in [2.05, 4.69) is 16.6 Å². The number of sulfonamides is 1. The molecule has 7 rings (SSSR count). The van der Waals surface area contributed by atoms with Crippen molar-refractivity contribution < 1.29 is 49.9 Å². The highest BCUT2D eigenvalue weighted by molar-refractivity contribution is 7.91. The Labute approximate surface area is 345 Å². The van der Waals surface area contributed by atoms with Crippen LogP contribution in [-0.2, 0) is 39.0 Å². The summed E-state index contributed by atoms with van der Waals surface area (Å²) >= 11 is 0. The van der Waals surface area contributed by atoms with Gasteiger partial charge in [0.1, 0.15) is 17.7 Å². The SMILES string of the molecule is CC[C@@H]1C[C@H](C)CC/C=C\[C@@H]2C[C@@]2(C(=O)NS(=O)(=O)C2(C)CC2)CC(=O)[C@@H]2C[C@@H](Oc3ncc(OC)c4ccc(F)cc34)CN2C(=O)[C@H]1CC(=O)N1CCS(=O)(=O)CC1. The zero-order chi connectivity index (χ0) is 42.5. The number of allylic oxidation sites excluding steroid dienone is 2. The summed E-state index contributed by atoms with van der Waals surface area (Å²) in [6, 6.07) is 3.00. The van der Waals surface area contributed by atoms with Gasteiger partial charge in [0.2, 0.25) is 33.6 Å². The van der Waals surface area contributed by atoms with Crippen LogP contribution in [0, 0.1) is 34.9 Å². The number of ether oxygens (including phenoxy) is 2. The minimum atomic E-state index is -4.01. The summed E-state index contributed by atoms with van der Waals surface area (Å²) in [5.74, 6) is -3.67. The minimum Gasteiger partial charge on any atom is -0.494 e. The van der Waals surface area contributed by atoms with Gasteiger partial charge >= 0.3 is 0 Å². The first-order chi connectivity index (χ1) is 27.9. The largest absolute Gasteiger partial charge is 0.494 e. The highest BCUT2D eigenvalue weighted by Crippen LogP contribution is 2.58. The number of nitrogens with zero attached hydrogens (tertiary/aromatic N) is 3. The lowest BCUT2D eigenvalue weighted by atomic mass is 9.79. The van der Waals surface area contributed by atoms with Crippen LogP contribution in [-0.4, -0.2) is 110 Å². The van der Waals surface area contributed by atoms with Crippen molar-refractivity contribution in [3.63, 3.8) is 0 Å². The van der Waals surface area contributed by atoms with Crippen LogP contribution in [0.1, 0.15) is 85.0 Å². The Hall–Kier alpha value is -4.12. The Bertz CT molecular complexity index is 2250. The monoisotopic (exact) mass is 858 g/mol. The molecule has 2 saturated carbocycles. The molecule has 2 aromatic rings. The quantitative estimate of drug-likeness (QED) is 0.354. The molecular formula is C42H55FN4O10S2. The number of halogens is 1. The molecular weight excluding hydrogens is 804 g/mol. The molecule has 1 N–H and O–H groups in total. The zero-order valence-electron chi connectivity index (χ0n) is 34.2. The summed E-state index contributed by atoms with van der Waals surface area (Å²) in [6.45, 7) is 5.63. The summed E-state index contributed by atoms with van der Waals surface area (Å²) in [7, 11) is -5.81. The predicted octanol–water partition coefficient (Wildman–Crippen LogP) is 4.36. The van der Waals surface area contributed by atoms with Gasteiger partial charge in [0.05, 0.1) is 52.9 Å². The molecule has 0 unspecified atom stereocenters. The number of carbonyl (C=O) groups is 4. The van der Waals surface area contributed by atoms with E-state index in [-0.39, 0.29) is 80.4 Å². The molecule has 2 saturated heterocycles. The Balaban J connectivity index is 1.24. The second-order valence-electron chi connectivity index (χ2n) is 17.7. The van der Waals surface area contributed by atoms with Crippen LogP contribution >= 0.6 is 0 Å². The highest BCUT2D eigenvalue weighted by Gasteiger charge is 2.63. The topological polar surface area (TPSA) is 186 Å². The number of sulfone groups is 1. The molecule has 0 radical (unpaired) electrons. The van der Waals surface area contributed by atoms with Crippen LogP contribution in [0.25, 0.3) is 10.8 Å². The number of pyridine rings is 1. The number of benzene rings is 1. The second-order valence-corrected chi connectivity index (χ2v) is 22.2. The Morgan fingerprint density at radius 1 is 1.10 bits per heavy atom. The molecule has 1 aromatic carbocycles. The normalized spacial score (nSPS) is 31.3. The van der Waals surface area contributed by atoms with E-state index in [9.17, 15) is 35.6 Å². The van der Waals surface area contributed by atoms with E-state index in [1.807, 2.05) is 19.1 Å². The number of carbonyl (C=O) groups excluding carboxylic acids is 4. The molecule has 59 heavy (non-hydrogen) atoms. The molecule has 3 aliphatic heterocycles. The van der Waals surface area contributed by atoms with E-state index in [4.69, 9.17) is 9.47 Å². The van der Waals surface area contributed by atoms with Crippen molar-refractivity contribution in [2.45, 2.75) is 102 Å². The van der Waals surface area contributed by atoms with Gasteiger partial charge < -0.3 is 19.3 Å². The van der Waals surface area contributed by atoms with E-state index in [0.29, 0.717) is 48.6 Å². The Kier molecular flexibility index (Phi) is 11.9. The van der Waals surface area contributed by atoms with Crippen LogP contribution in [0.15, 0.2) is 36.5 Å². The fourth-order valence-electron chi connectivity index (χ4n) is 9.20. The number of nitrogens with one attached hydrogen (secondary N) is 1. The summed E-state index contributed by atoms with van der Waals surface area (Å²) in [4.78, 5) is 65.2. The second kappa shape index (κ2) is 16.4. The molecule has 322 valence electrons. The smallest absolute Gasteiger partial charge is 0.240 e. The molecule has 1 aromatic heterocycles. The predicted molar refractivity (Wildman–Crippen MR) is 217 cm³/mol. The minimum absolute atomic E-state index is 0.00150. The third-order valence-electron chi connectivity index (χ3n) is 13.5. The van der Waals surface area contributed by atoms with Crippen molar-refractivity contribution in [2.24, 2.45) is 29.1 Å². The van der Waals surface area contributed by atoms with Crippen molar-refractivity contribution in [2.75, 3.05) is 38.2 Å². The number of hydrogen-bond acceptors (Lipinski definition) is 11. The van der Waals surface area contributed by atoms with Crippen molar-refractivity contribution in [1.82, 2.24) is 19.5 Å². The van der Waals surface area contributed by atoms with E-state index in [1.54, 1.807) is 13.0 Å². The average molecular weight is 859 g/mol. The van der Waals surface area contributed by atoms with E-state index in [0.717, 1.165) is 6.42 Å². The van der Waals surface area contributed by atoms with Gasteiger partial charge in [-0.15, -0.1) is 0 Å². The zero-order valence-corrected chi connectivity index (χ0v) is 35.8. The van der Waals surface area contributed by atoms with Gasteiger partial charge in [-0.05, 0) is 81.4 Å². The molecule has 5 aliphatic rings. The molecule has 0 bridgehead atoms. The molecule has 3 amide bonds. The van der Waals surface area contributed by atoms with Gasteiger partial charge in [0.15, 0.2) is 15.6 Å². The first-order valence-corrected chi connectivity index (χ1v) is 24.0. The molecule has 0 spiro atoms. The molecule has 4 fully saturated rings. The third-order valence-corrected chi connectivity index (χ3v) is 17.3. The Morgan fingerprint density at radius 2 is 1.83 bits per heavy atom. The highest BCUT2D eigenvalue weighted by atomic mass is 32.2. The van der Waals surface area contributed by atoms with Crippen LogP contribution in [0.3, 0.4) is 0 Å². The van der Waals surface area contributed by atoms with Gasteiger partial charge in [0.25, 0.3) is 0 Å². The van der Waals surface area contributed by atoms with Crippen molar-refractivity contribution >= 4 is 54.1 Å². The number of aromatic nitrogens is 1. The van der Waals surface area contributed by atoms with Crippen LogP contribution in [0.2, 0.25) is 0 Å². The fraction of sp³-hybridized carbons (Fsp3) is 0.643. The van der Waals surface area contributed by atoms with Crippen molar-refractivity contribution in [3.05, 3.63) is 42.4 Å². The first kappa shape index (κ1) is 43.0. The van der Waals surface area contributed by atoms with Crippen LogP contribution in [0.5, 0.6) is 11.6 Å². The summed E-state index contributed by atoms with van der Waals surface area (Å²) < 4.78 is 78.7. The molecule has 2 aliphatic carbocycles. The standard InChI is InChI=1S/C42H55FN4O10S2/c1-5-27-18-26(2)8-6-7-9-28-22-42(28,40(51)45-59(54,55)41(3)12-13-41)23-35(48)34-20-30(57-38-33-19-29(43)10-11-31(33)36(56-4)24-44-38)25-47(34)39(50)32(27)21-37(49)46-14-16-58(52,53)17-15-46/h7,9-11,19,24,26-28,30,32,34H,5-6,8,12-18,20-23,25H2,1-4H3,(H,45,51)/b9-7-/t26-,27-,28-,30-,32+,34+,42-/m1/s1. The van der Waals surface area contributed by atoms with E-state index in [1.165, 1.54) is 35.2 Å². The molecule has 17 heteroatoms. The number of Topliss-reactive ketones (excluding diaryl/α,β-unsaturated/α-hetero) is 1. The fourth-order valence-corrected chi connectivity index (χ4v) is 11.7. The van der Waals surface area contributed by atoms with Gasteiger partial charge in [-0.3, -0.25) is 23.9 Å². The van der Waals surface area contributed by atoms with Gasteiger partial charge in [-0.1, -0.05) is 32.4 Å². The van der Waals surface area contributed by atoms with E-state index < -0.39 is 77.4 Å². The van der Waals surface area contributed by atoms with Crippen molar-refractivity contribution in [1.29, 1.82) is 0 Å². The third kappa shape index (κ3) is 8.87. The van der Waals surface area contributed by atoms with E-state index >= 15 is 4.79 Å². The maximum absolute atomic E-state index is 15.2. The summed E-state index contributed by atoms with van der Waals surface area (Å²) in [5, 5.41) is 0.867.